The van der Waals surface area contributed by atoms with E-state index in [1.807, 2.05) is 18.2 Å². The highest BCUT2D eigenvalue weighted by Gasteiger charge is 2.05. The Labute approximate surface area is 102 Å². The minimum Gasteiger partial charge on any atom is -0.207 e. The molecule has 0 aliphatic rings. The second-order valence-corrected chi connectivity index (χ2v) is 4.48. The van der Waals surface area contributed by atoms with Crippen molar-refractivity contribution in [2.24, 2.45) is 0 Å². The van der Waals surface area contributed by atoms with Crippen LogP contribution in [-0.4, -0.2) is 0 Å². The highest BCUT2D eigenvalue weighted by molar-refractivity contribution is 5.20. The minimum absolute atomic E-state index is 0.162. The lowest BCUT2D eigenvalue weighted by Gasteiger charge is -2.11. The van der Waals surface area contributed by atoms with Gasteiger partial charge in [0.25, 0.3) is 0 Å². The number of aryl methyl sites for hydroxylation is 1. The van der Waals surface area contributed by atoms with Crippen LogP contribution in [0.15, 0.2) is 54.6 Å². The van der Waals surface area contributed by atoms with Crippen molar-refractivity contribution in [1.29, 1.82) is 0 Å². The molecule has 88 valence electrons. The quantitative estimate of drug-likeness (QED) is 0.719. The topological polar surface area (TPSA) is 0 Å². The highest BCUT2D eigenvalue weighted by Crippen LogP contribution is 2.20. The average molecular weight is 228 g/mol. The van der Waals surface area contributed by atoms with Gasteiger partial charge in [0.1, 0.15) is 5.82 Å². The van der Waals surface area contributed by atoms with Crippen LogP contribution in [0.2, 0.25) is 0 Å². The largest absolute Gasteiger partial charge is 0.207 e. The van der Waals surface area contributed by atoms with Crippen molar-refractivity contribution < 1.29 is 4.39 Å². The van der Waals surface area contributed by atoms with Crippen LogP contribution in [0.1, 0.15) is 30.4 Å². The minimum atomic E-state index is -0.162. The van der Waals surface area contributed by atoms with E-state index in [4.69, 9.17) is 0 Å². The molecule has 0 amide bonds. The lowest BCUT2D eigenvalue weighted by molar-refractivity contribution is 0.625. The summed E-state index contributed by atoms with van der Waals surface area (Å²) in [6.45, 7) is 2.23. The molecule has 0 heterocycles. The first-order valence-electron chi connectivity index (χ1n) is 6.05. The van der Waals surface area contributed by atoms with Crippen molar-refractivity contribution in [3.05, 3.63) is 71.5 Å². The molecular formula is C16H17F. The molecule has 2 rings (SSSR count). The third-order valence-corrected chi connectivity index (χ3v) is 3.15. The van der Waals surface area contributed by atoms with Crippen molar-refractivity contribution in [1.82, 2.24) is 0 Å². The Balaban J connectivity index is 1.92. The normalized spacial score (nSPS) is 12.4. The van der Waals surface area contributed by atoms with Crippen molar-refractivity contribution in [3.8, 4) is 0 Å². The molecule has 1 unspecified atom stereocenters. The first-order chi connectivity index (χ1) is 8.25. The number of rotatable bonds is 4. The van der Waals surface area contributed by atoms with Gasteiger partial charge in [0, 0.05) is 0 Å². The van der Waals surface area contributed by atoms with Crippen LogP contribution in [0.3, 0.4) is 0 Å². The molecule has 17 heavy (non-hydrogen) atoms. The third kappa shape index (κ3) is 3.42. The van der Waals surface area contributed by atoms with Crippen LogP contribution in [0.25, 0.3) is 0 Å². The van der Waals surface area contributed by atoms with E-state index in [9.17, 15) is 4.39 Å². The molecule has 0 saturated heterocycles. The van der Waals surface area contributed by atoms with Gasteiger partial charge in [-0.05, 0) is 42.0 Å². The Hall–Kier alpha value is -1.63. The van der Waals surface area contributed by atoms with Crippen LogP contribution in [0.5, 0.6) is 0 Å². The number of halogens is 1. The molecule has 2 aromatic carbocycles. The van der Waals surface area contributed by atoms with Crippen LogP contribution < -0.4 is 0 Å². The van der Waals surface area contributed by atoms with Gasteiger partial charge in [-0.2, -0.15) is 0 Å². The first-order valence-corrected chi connectivity index (χ1v) is 6.05. The van der Waals surface area contributed by atoms with Gasteiger partial charge in [0.2, 0.25) is 0 Å². The average Bonchev–Trinajstić information content (AvgIpc) is 2.39. The number of hydrogen-bond donors (Lipinski definition) is 0. The molecule has 0 radical (unpaired) electrons. The summed E-state index contributed by atoms with van der Waals surface area (Å²) in [4.78, 5) is 0. The van der Waals surface area contributed by atoms with Gasteiger partial charge in [-0.1, -0.05) is 49.4 Å². The molecule has 0 spiro atoms. The van der Waals surface area contributed by atoms with Crippen LogP contribution in [0, 0.1) is 5.82 Å². The van der Waals surface area contributed by atoms with Crippen LogP contribution in [-0.2, 0) is 6.42 Å². The van der Waals surface area contributed by atoms with Gasteiger partial charge < -0.3 is 0 Å². The zero-order chi connectivity index (χ0) is 12.1. The molecule has 0 N–H and O–H groups in total. The Morgan fingerprint density at radius 1 is 0.941 bits per heavy atom. The summed E-state index contributed by atoms with van der Waals surface area (Å²) >= 11 is 0. The second-order valence-electron chi connectivity index (χ2n) is 4.48. The second kappa shape index (κ2) is 5.62. The maximum absolute atomic E-state index is 12.8. The molecule has 0 fully saturated rings. The van der Waals surface area contributed by atoms with Crippen molar-refractivity contribution in [2.75, 3.05) is 0 Å². The molecule has 0 nitrogen and oxygen atoms in total. The summed E-state index contributed by atoms with van der Waals surface area (Å²) in [7, 11) is 0. The predicted molar refractivity (Wildman–Crippen MR) is 69.6 cm³/mol. The summed E-state index contributed by atoms with van der Waals surface area (Å²) in [6.07, 6.45) is 2.09. The molecular weight excluding hydrogens is 211 g/mol. The maximum Gasteiger partial charge on any atom is 0.123 e. The summed E-state index contributed by atoms with van der Waals surface area (Å²) in [5.41, 5.74) is 2.57. The van der Waals surface area contributed by atoms with E-state index in [1.165, 1.54) is 23.3 Å². The third-order valence-electron chi connectivity index (χ3n) is 3.15. The van der Waals surface area contributed by atoms with Crippen LogP contribution >= 0.6 is 0 Å². The van der Waals surface area contributed by atoms with E-state index < -0.39 is 0 Å². The van der Waals surface area contributed by atoms with Gasteiger partial charge in [-0.3, -0.25) is 0 Å². The van der Waals surface area contributed by atoms with E-state index in [1.54, 1.807) is 0 Å². The van der Waals surface area contributed by atoms with E-state index in [0.29, 0.717) is 5.92 Å². The SMILES string of the molecule is CC(CCc1ccc(F)cc1)c1ccccc1. The molecule has 0 aliphatic carbocycles. The molecule has 0 aromatic heterocycles. The summed E-state index contributed by atoms with van der Waals surface area (Å²) in [5, 5.41) is 0. The monoisotopic (exact) mass is 228 g/mol. The summed E-state index contributed by atoms with van der Waals surface area (Å²) in [5.74, 6) is 0.381. The van der Waals surface area contributed by atoms with Crippen molar-refractivity contribution >= 4 is 0 Å². The van der Waals surface area contributed by atoms with Gasteiger partial charge in [-0.25, -0.2) is 4.39 Å². The van der Waals surface area contributed by atoms with Crippen molar-refractivity contribution in [3.63, 3.8) is 0 Å². The molecule has 0 saturated carbocycles. The zero-order valence-corrected chi connectivity index (χ0v) is 10.1. The summed E-state index contributed by atoms with van der Waals surface area (Å²) < 4.78 is 12.8. The Bertz CT molecular complexity index is 445. The first kappa shape index (κ1) is 11.8. The molecule has 0 aliphatic heterocycles. The summed E-state index contributed by atoms with van der Waals surface area (Å²) in [6, 6.07) is 17.3. The fourth-order valence-corrected chi connectivity index (χ4v) is 1.98. The zero-order valence-electron chi connectivity index (χ0n) is 10.1. The smallest absolute Gasteiger partial charge is 0.123 e. The Morgan fingerprint density at radius 3 is 2.24 bits per heavy atom. The lowest BCUT2D eigenvalue weighted by atomic mass is 9.94. The molecule has 1 heteroatoms. The number of benzene rings is 2. The molecule has 0 bridgehead atoms. The van der Waals surface area contributed by atoms with E-state index in [0.717, 1.165) is 12.8 Å². The van der Waals surface area contributed by atoms with Gasteiger partial charge in [0.05, 0.1) is 0 Å². The maximum atomic E-state index is 12.8. The van der Waals surface area contributed by atoms with E-state index >= 15 is 0 Å². The predicted octanol–water partition coefficient (Wildman–Crippen LogP) is 4.56. The lowest BCUT2D eigenvalue weighted by Crippen LogP contribution is -1.96. The highest BCUT2D eigenvalue weighted by atomic mass is 19.1. The molecule has 2 aromatic rings. The van der Waals surface area contributed by atoms with Crippen LogP contribution in [0.4, 0.5) is 4.39 Å². The Kier molecular flexibility index (Phi) is 3.92. The fourth-order valence-electron chi connectivity index (χ4n) is 1.98. The number of hydrogen-bond acceptors (Lipinski definition) is 0. The van der Waals surface area contributed by atoms with E-state index in [-0.39, 0.29) is 5.82 Å². The van der Waals surface area contributed by atoms with E-state index in [2.05, 4.69) is 31.2 Å². The van der Waals surface area contributed by atoms with Crippen molar-refractivity contribution in [2.45, 2.75) is 25.7 Å². The van der Waals surface area contributed by atoms with Gasteiger partial charge in [0.15, 0.2) is 0 Å². The standard InChI is InChI=1S/C16H17F/c1-13(15-5-3-2-4-6-15)7-8-14-9-11-16(17)12-10-14/h2-6,9-13H,7-8H2,1H3. The van der Waals surface area contributed by atoms with Gasteiger partial charge >= 0.3 is 0 Å². The Morgan fingerprint density at radius 2 is 1.59 bits per heavy atom. The fraction of sp³-hybridized carbons (Fsp3) is 0.250. The van der Waals surface area contributed by atoms with Gasteiger partial charge in [-0.15, -0.1) is 0 Å². The molecule has 1 atom stereocenters.